The molecule has 4 rings (SSSR count). The Hall–Kier alpha value is -4.00. The Morgan fingerprint density at radius 3 is 2.19 bits per heavy atom. The lowest BCUT2D eigenvalue weighted by Crippen LogP contribution is -2.30. The highest BCUT2D eigenvalue weighted by Gasteiger charge is 2.21. The fourth-order valence-corrected chi connectivity index (χ4v) is 3.37. The molecule has 0 saturated carbocycles. The van der Waals surface area contributed by atoms with Crippen molar-refractivity contribution >= 4 is 17.3 Å². The first kappa shape index (κ1) is 21.2. The lowest BCUT2D eigenvalue weighted by atomic mass is 10.1. The van der Waals surface area contributed by atoms with Crippen LogP contribution < -0.4 is 9.80 Å². The maximum absolute atomic E-state index is 13.5. The third kappa shape index (κ3) is 5.00. The van der Waals surface area contributed by atoms with E-state index in [4.69, 9.17) is 0 Å². The zero-order valence-electron chi connectivity index (χ0n) is 18.0. The molecule has 1 aromatic heterocycles. The normalized spacial score (nSPS) is 10.7. The lowest BCUT2D eigenvalue weighted by molar-refractivity contribution is 0.0980. The van der Waals surface area contributed by atoms with Crippen molar-refractivity contribution in [2.75, 3.05) is 23.9 Å². The molecule has 0 atom stereocenters. The second-order valence-electron chi connectivity index (χ2n) is 7.72. The van der Waals surface area contributed by atoms with Gasteiger partial charge in [0.05, 0.1) is 19.3 Å². The minimum absolute atomic E-state index is 0.232. The van der Waals surface area contributed by atoms with E-state index in [-0.39, 0.29) is 17.4 Å². The summed E-state index contributed by atoms with van der Waals surface area (Å²) in [4.78, 5) is 17.0. The predicted octanol–water partition coefficient (Wildman–Crippen LogP) is 4.38. The average Bonchev–Trinajstić information content (AvgIpc) is 3.27. The first-order chi connectivity index (χ1) is 15.5. The van der Waals surface area contributed by atoms with Gasteiger partial charge in [0.2, 0.25) is 0 Å². The van der Waals surface area contributed by atoms with Crippen molar-refractivity contribution in [3.63, 3.8) is 0 Å². The van der Waals surface area contributed by atoms with Crippen molar-refractivity contribution in [1.29, 1.82) is 0 Å². The molecule has 4 aromatic rings. The summed E-state index contributed by atoms with van der Waals surface area (Å²) < 4.78 is 15.1. The van der Waals surface area contributed by atoms with Crippen LogP contribution in [-0.2, 0) is 13.1 Å². The Kier molecular flexibility index (Phi) is 6.26. The standard InChI is InChI=1S/C25H24FN5O/c1-29(2)22-12-8-20(9-13-22)17-31(23-14-10-21(26)11-15-23)25(32)24-18-30(28-27-24)16-19-6-4-3-5-7-19/h3-15,18H,16-17H2,1-2H3. The monoisotopic (exact) mass is 429 g/mol. The average molecular weight is 429 g/mol. The number of amides is 1. The van der Waals surface area contributed by atoms with Gasteiger partial charge in [0.15, 0.2) is 5.69 Å². The van der Waals surface area contributed by atoms with Gasteiger partial charge in [-0.05, 0) is 47.5 Å². The topological polar surface area (TPSA) is 54.3 Å². The Labute approximate surface area is 186 Å². The molecule has 0 unspecified atom stereocenters. The van der Waals surface area contributed by atoms with Gasteiger partial charge in [-0.25, -0.2) is 9.07 Å². The number of nitrogens with zero attached hydrogens (tertiary/aromatic N) is 5. The van der Waals surface area contributed by atoms with Crippen LogP contribution in [0.3, 0.4) is 0 Å². The van der Waals surface area contributed by atoms with Gasteiger partial charge >= 0.3 is 0 Å². The number of halogens is 1. The van der Waals surface area contributed by atoms with E-state index in [1.165, 1.54) is 12.1 Å². The summed E-state index contributed by atoms with van der Waals surface area (Å²) in [5.41, 5.74) is 3.90. The number of hydrogen-bond acceptors (Lipinski definition) is 4. The number of rotatable bonds is 7. The molecule has 0 spiro atoms. The smallest absolute Gasteiger partial charge is 0.280 e. The zero-order chi connectivity index (χ0) is 22.5. The molecular formula is C25H24FN5O. The second kappa shape index (κ2) is 9.43. The van der Waals surface area contributed by atoms with Crippen molar-refractivity contribution in [2.45, 2.75) is 13.1 Å². The quantitative estimate of drug-likeness (QED) is 0.438. The van der Waals surface area contributed by atoms with Crippen molar-refractivity contribution in [2.24, 2.45) is 0 Å². The molecule has 162 valence electrons. The van der Waals surface area contributed by atoms with Crippen molar-refractivity contribution < 1.29 is 9.18 Å². The first-order valence-corrected chi connectivity index (χ1v) is 10.3. The molecule has 0 saturated heterocycles. The van der Waals surface area contributed by atoms with E-state index in [1.807, 2.05) is 73.6 Å². The number of carbonyl (C=O) groups excluding carboxylic acids is 1. The lowest BCUT2D eigenvalue weighted by Gasteiger charge is -2.22. The van der Waals surface area contributed by atoms with Crippen LogP contribution in [0.2, 0.25) is 0 Å². The summed E-state index contributed by atoms with van der Waals surface area (Å²) >= 11 is 0. The van der Waals surface area contributed by atoms with E-state index < -0.39 is 0 Å². The van der Waals surface area contributed by atoms with Crippen molar-refractivity contribution in [3.05, 3.63) is 108 Å². The summed E-state index contributed by atoms with van der Waals surface area (Å²) in [6, 6.07) is 23.7. The van der Waals surface area contributed by atoms with E-state index in [0.717, 1.165) is 16.8 Å². The van der Waals surface area contributed by atoms with Gasteiger partial charge in [-0.2, -0.15) is 0 Å². The minimum Gasteiger partial charge on any atom is -0.378 e. The van der Waals surface area contributed by atoms with E-state index >= 15 is 0 Å². The molecule has 0 aliphatic carbocycles. The molecule has 7 heteroatoms. The van der Waals surface area contributed by atoms with Crippen LogP contribution in [0, 0.1) is 5.82 Å². The van der Waals surface area contributed by atoms with Crippen LogP contribution in [-0.4, -0.2) is 35.0 Å². The van der Waals surface area contributed by atoms with Gasteiger partial charge in [-0.1, -0.05) is 47.7 Å². The Balaban J connectivity index is 1.59. The van der Waals surface area contributed by atoms with Crippen LogP contribution in [0.4, 0.5) is 15.8 Å². The van der Waals surface area contributed by atoms with Gasteiger partial charge in [0.1, 0.15) is 5.82 Å². The van der Waals surface area contributed by atoms with Crippen molar-refractivity contribution in [1.82, 2.24) is 15.0 Å². The largest absolute Gasteiger partial charge is 0.378 e. The molecule has 32 heavy (non-hydrogen) atoms. The Bertz CT molecular complexity index is 1170. The zero-order valence-corrected chi connectivity index (χ0v) is 18.0. The molecule has 0 aliphatic heterocycles. The molecule has 3 aromatic carbocycles. The van der Waals surface area contributed by atoms with Crippen LogP contribution >= 0.6 is 0 Å². The minimum atomic E-state index is -0.356. The molecular weight excluding hydrogens is 405 g/mol. The van der Waals surface area contributed by atoms with Gasteiger partial charge in [-0.15, -0.1) is 5.10 Å². The highest BCUT2D eigenvalue weighted by Crippen LogP contribution is 2.22. The molecule has 0 N–H and O–H groups in total. The van der Waals surface area contributed by atoms with E-state index in [0.29, 0.717) is 18.8 Å². The molecule has 0 radical (unpaired) electrons. The van der Waals surface area contributed by atoms with E-state index in [9.17, 15) is 9.18 Å². The highest BCUT2D eigenvalue weighted by atomic mass is 19.1. The van der Waals surface area contributed by atoms with Crippen molar-refractivity contribution in [3.8, 4) is 0 Å². The first-order valence-electron chi connectivity index (χ1n) is 10.3. The second-order valence-corrected chi connectivity index (χ2v) is 7.72. The van der Waals surface area contributed by atoms with E-state index in [1.54, 1.807) is 27.9 Å². The molecule has 0 aliphatic rings. The SMILES string of the molecule is CN(C)c1ccc(CN(C(=O)c2cn(Cc3ccccc3)nn2)c2ccc(F)cc2)cc1. The Morgan fingerprint density at radius 2 is 1.53 bits per heavy atom. The fraction of sp³-hybridized carbons (Fsp3) is 0.160. The summed E-state index contributed by atoms with van der Waals surface area (Å²) in [5, 5.41) is 8.21. The Morgan fingerprint density at radius 1 is 0.875 bits per heavy atom. The summed E-state index contributed by atoms with van der Waals surface area (Å²) in [7, 11) is 3.95. The van der Waals surface area contributed by atoms with Gasteiger partial charge in [0.25, 0.3) is 5.91 Å². The number of carbonyl (C=O) groups is 1. The van der Waals surface area contributed by atoms with Gasteiger partial charge < -0.3 is 9.80 Å². The van der Waals surface area contributed by atoms with Crippen LogP contribution in [0.15, 0.2) is 85.1 Å². The van der Waals surface area contributed by atoms with E-state index in [2.05, 4.69) is 10.3 Å². The fourth-order valence-electron chi connectivity index (χ4n) is 3.37. The molecule has 1 amide bonds. The summed E-state index contributed by atoms with van der Waals surface area (Å²) in [6.45, 7) is 0.841. The highest BCUT2D eigenvalue weighted by molar-refractivity contribution is 6.04. The number of aromatic nitrogens is 3. The molecule has 6 nitrogen and oxygen atoms in total. The molecule has 0 bridgehead atoms. The van der Waals surface area contributed by atoms with Crippen LogP contribution in [0.25, 0.3) is 0 Å². The van der Waals surface area contributed by atoms with Gasteiger partial charge in [0, 0.05) is 25.5 Å². The third-order valence-electron chi connectivity index (χ3n) is 5.12. The number of hydrogen-bond donors (Lipinski definition) is 0. The third-order valence-corrected chi connectivity index (χ3v) is 5.12. The predicted molar refractivity (Wildman–Crippen MR) is 123 cm³/mol. The maximum Gasteiger partial charge on any atom is 0.280 e. The van der Waals surface area contributed by atoms with Crippen LogP contribution in [0.5, 0.6) is 0 Å². The molecule has 0 fully saturated rings. The number of anilines is 2. The summed E-state index contributed by atoms with van der Waals surface area (Å²) in [5.74, 6) is -0.655. The summed E-state index contributed by atoms with van der Waals surface area (Å²) in [6.07, 6.45) is 1.64. The van der Waals surface area contributed by atoms with Gasteiger partial charge in [-0.3, -0.25) is 4.79 Å². The molecule has 1 heterocycles. The van der Waals surface area contributed by atoms with Crippen LogP contribution in [0.1, 0.15) is 21.6 Å². The number of benzene rings is 3. The maximum atomic E-state index is 13.5.